The Kier molecular flexibility index (Phi) is 4.23. The van der Waals surface area contributed by atoms with Crippen molar-refractivity contribution in [1.29, 1.82) is 0 Å². The second-order valence-electron chi connectivity index (χ2n) is 4.19. The second-order valence-corrected chi connectivity index (χ2v) is 5.45. The molecule has 0 bridgehead atoms. The van der Waals surface area contributed by atoms with E-state index in [1.807, 2.05) is 0 Å². The molecule has 19 heavy (non-hydrogen) atoms. The zero-order valence-electron chi connectivity index (χ0n) is 9.92. The molecule has 0 aromatic heterocycles. The lowest BCUT2D eigenvalue weighted by molar-refractivity contribution is 0.213. The number of hydrogen-bond acceptors (Lipinski definition) is 1. The van der Waals surface area contributed by atoms with Crippen molar-refractivity contribution < 1.29 is 13.9 Å². The van der Waals surface area contributed by atoms with Crippen LogP contribution in [0.15, 0.2) is 34.8 Å². The van der Waals surface area contributed by atoms with E-state index in [0.717, 1.165) is 0 Å². The standard InChI is InChI=1S/C14H10BrClF2O/c1-7-2-3-8(17)4-9(7)14(19)10-5-12(16)11(15)6-13(10)18/h2-6,14,19H,1H3. The lowest BCUT2D eigenvalue weighted by atomic mass is 9.97. The van der Waals surface area contributed by atoms with Crippen LogP contribution < -0.4 is 0 Å². The number of rotatable bonds is 2. The van der Waals surface area contributed by atoms with Gasteiger partial charge in [0.25, 0.3) is 0 Å². The Morgan fingerprint density at radius 1 is 1.16 bits per heavy atom. The van der Waals surface area contributed by atoms with Crippen molar-refractivity contribution in [2.24, 2.45) is 0 Å². The lowest BCUT2D eigenvalue weighted by Gasteiger charge is -2.16. The van der Waals surface area contributed by atoms with Crippen LogP contribution in [0, 0.1) is 18.6 Å². The molecule has 0 aliphatic rings. The minimum Gasteiger partial charge on any atom is -0.384 e. The molecule has 2 aromatic rings. The molecule has 2 rings (SSSR count). The first-order valence-corrected chi connectivity index (χ1v) is 6.66. The van der Waals surface area contributed by atoms with E-state index in [4.69, 9.17) is 11.6 Å². The van der Waals surface area contributed by atoms with Crippen molar-refractivity contribution >= 4 is 27.5 Å². The van der Waals surface area contributed by atoms with Gasteiger partial charge in [-0.15, -0.1) is 0 Å². The average molecular weight is 348 g/mol. The fourth-order valence-corrected chi connectivity index (χ4v) is 2.31. The topological polar surface area (TPSA) is 20.2 Å². The predicted molar refractivity (Wildman–Crippen MR) is 74.3 cm³/mol. The van der Waals surface area contributed by atoms with Crippen molar-refractivity contribution in [2.75, 3.05) is 0 Å². The summed E-state index contributed by atoms with van der Waals surface area (Å²) in [6.45, 7) is 1.72. The molecule has 5 heteroatoms. The molecular formula is C14H10BrClF2O. The summed E-state index contributed by atoms with van der Waals surface area (Å²) in [6.07, 6.45) is -1.26. The summed E-state index contributed by atoms with van der Waals surface area (Å²) < 4.78 is 27.5. The summed E-state index contributed by atoms with van der Waals surface area (Å²) in [5, 5.41) is 10.5. The van der Waals surface area contributed by atoms with Crippen LogP contribution in [-0.2, 0) is 0 Å². The molecule has 0 saturated heterocycles. The van der Waals surface area contributed by atoms with E-state index >= 15 is 0 Å². The van der Waals surface area contributed by atoms with E-state index in [9.17, 15) is 13.9 Å². The molecular weight excluding hydrogens is 338 g/mol. The third-order valence-electron chi connectivity index (χ3n) is 2.87. The molecule has 0 saturated carbocycles. The van der Waals surface area contributed by atoms with Crippen molar-refractivity contribution in [2.45, 2.75) is 13.0 Å². The Labute approximate surface area is 123 Å². The van der Waals surface area contributed by atoms with Gasteiger partial charge >= 0.3 is 0 Å². The highest BCUT2D eigenvalue weighted by molar-refractivity contribution is 9.10. The van der Waals surface area contributed by atoms with Gasteiger partial charge in [-0.25, -0.2) is 8.78 Å². The molecule has 0 amide bonds. The maximum Gasteiger partial charge on any atom is 0.130 e. The Hall–Kier alpha value is -0.970. The van der Waals surface area contributed by atoms with Gasteiger partial charge in [-0.2, -0.15) is 0 Å². The zero-order valence-corrected chi connectivity index (χ0v) is 12.3. The van der Waals surface area contributed by atoms with Gasteiger partial charge in [-0.3, -0.25) is 0 Å². The van der Waals surface area contributed by atoms with E-state index < -0.39 is 17.7 Å². The van der Waals surface area contributed by atoms with Crippen LogP contribution in [0.25, 0.3) is 0 Å². The summed E-state index contributed by atoms with van der Waals surface area (Å²) >= 11 is 8.99. The summed E-state index contributed by atoms with van der Waals surface area (Å²) in [5.74, 6) is -1.09. The van der Waals surface area contributed by atoms with Crippen LogP contribution in [0.1, 0.15) is 22.8 Å². The van der Waals surface area contributed by atoms with E-state index in [1.54, 1.807) is 6.92 Å². The van der Waals surface area contributed by atoms with E-state index in [0.29, 0.717) is 15.6 Å². The lowest BCUT2D eigenvalue weighted by Crippen LogP contribution is -2.05. The van der Waals surface area contributed by atoms with Gasteiger partial charge in [-0.05, 0) is 58.2 Å². The van der Waals surface area contributed by atoms with Crippen molar-refractivity contribution in [1.82, 2.24) is 0 Å². The van der Waals surface area contributed by atoms with E-state index in [1.165, 1.54) is 30.3 Å². The monoisotopic (exact) mass is 346 g/mol. The smallest absolute Gasteiger partial charge is 0.130 e. The number of aryl methyl sites for hydroxylation is 1. The normalized spacial score (nSPS) is 12.5. The van der Waals surface area contributed by atoms with Crippen LogP contribution in [0.3, 0.4) is 0 Å². The zero-order chi connectivity index (χ0) is 14.2. The molecule has 1 N–H and O–H groups in total. The first-order chi connectivity index (χ1) is 8.90. The third-order valence-corrected chi connectivity index (χ3v) is 4.07. The van der Waals surface area contributed by atoms with Gasteiger partial charge in [0.05, 0.1) is 5.02 Å². The molecule has 1 unspecified atom stereocenters. The van der Waals surface area contributed by atoms with Gasteiger partial charge < -0.3 is 5.11 Å². The maximum absolute atomic E-state index is 13.9. The largest absolute Gasteiger partial charge is 0.384 e. The van der Waals surface area contributed by atoms with Gasteiger partial charge in [-0.1, -0.05) is 17.7 Å². The molecule has 100 valence electrons. The number of aliphatic hydroxyl groups is 1. The van der Waals surface area contributed by atoms with Crippen molar-refractivity contribution in [3.63, 3.8) is 0 Å². The molecule has 0 heterocycles. The quantitative estimate of drug-likeness (QED) is 0.776. The number of aliphatic hydroxyl groups excluding tert-OH is 1. The SMILES string of the molecule is Cc1ccc(F)cc1C(O)c1cc(Cl)c(Br)cc1F. The summed E-state index contributed by atoms with van der Waals surface area (Å²) in [4.78, 5) is 0. The Bertz CT molecular complexity index is 631. The average Bonchev–Trinajstić information content (AvgIpc) is 2.36. The Morgan fingerprint density at radius 2 is 1.84 bits per heavy atom. The summed E-state index contributed by atoms with van der Waals surface area (Å²) in [6, 6.07) is 6.52. The molecule has 2 aromatic carbocycles. The van der Waals surface area contributed by atoms with Crippen LogP contribution >= 0.6 is 27.5 Å². The first-order valence-electron chi connectivity index (χ1n) is 5.48. The minimum absolute atomic E-state index is 0.0156. The molecule has 1 atom stereocenters. The highest BCUT2D eigenvalue weighted by Gasteiger charge is 2.19. The van der Waals surface area contributed by atoms with Crippen LogP contribution in [-0.4, -0.2) is 5.11 Å². The Balaban J connectivity index is 2.52. The van der Waals surface area contributed by atoms with Gasteiger partial charge in [0.15, 0.2) is 0 Å². The molecule has 0 fully saturated rings. The molecule has 0 spiro atoms. The fraction of sp³-hybridized carbons (Fsp3) is 0.143. The second kappa shape index (κ2) is 5.57. The predicted octanol–water partition coefficient (Wildman–Crippen LogP) is 4.77. The Morgan fingerprint density at radius 3 is 2.53 bits per heavy atom. The molecule has 0 aliphatic carbocycles. The highest BCUT2D eigenvalue weighted by atomic mass is 79.9. The van der Waals surface area contributed by atoms with Crippen LogP contribution in [0.4, 0.5) is 8.78 Å². The molecule has 0 radical (unpaired) electrons. The van der Waals surface area contributed by atoms with E-state index in [-0.39, 0.29) is 10.6 Å². The van der Waals surface area contributed by atoms with Gasteiger partial charge in [0.2, 0.25) is 0 Å². The first kappa shape index (κ1) is 14.4. The highest BCUT2D eigenvalue weighted by Crippen LogP contribution is 2.32. The maximum atomic E-state index is 13.9. The summed E-state index contributed by atoms with van der Waals surface area (Å²) in [7, 11) is 0. The minimum atomic E-state index is -1.26. The molecule has 0 aliphatic heterocycles. The number of hydrogen-bond donors (Lipinski definition) is 1. The van der Waals surface area contributed by atoms with Crippen LogP contribution in [0.2, 0.25) is 5.02 Å². The summed E-state index contributed by atoms with van der Waals surface area (Å²) in [5.41, 5.74) is 1.01. The molecule has 1 nitrogen and oxygen atoms in total. The van der Waals surface area contributed by atoms with Crippen molar-refractivity contribution in [3.05, 3.63) is 68.2 Å². The van der Waals surface area contributed by atoms with Crippen LogP contribution in [0.5, 0.6) is 0 Å². The van der Waals surface area contributed by atoms with E-state index in [2.05, 4.69) is 15.9 Å². The fourth-order valence-electron chi connectivity index (χ4n) is 1.82. The third kappa shape index (κ3) is 2.96. The van der Waals surface area contributed by atoms with Gasteiger partial charge in [0, 0.05) is 10.0 Å². The van der Waals surface area contributed by atoms with Gasteiger partial charge in [0.1, 0.15) is 17.7 Å². The number of benzene rings is 2. The number of halogens is 4. The van der Waals surface area contributed by atoms with Crippen molar-refractivity contribution in [3.8, 4) is 0 Å².